The van der Waals surface area contributed by atoms with Crippen molar-refractivity contribution in [2.24, 2.45) is 0 Å². The molecule has 2 rings (SSSR count). The van der Waals surface area contributed by atoms with Crippen molar-refractivity contribution in [2.45, 2.75) is 56.9 Å². The minimum atomic E-state index is -0.590. The van der Waals surface area contributed by atoms with Crippen molar-refractivity contribution in [2.75, 3.05) is 13.2 Å². The molecule has 2 saturated heterocycles. The standard InChI is InChI=1S/C13H20ClNO5/c1-7(16)19-9-6-18-11-8(14)5-15(10(9)11)12(17)20-13(2,3)4/h8-11H,5-6H2,1-4H3/t8-,9+,10-,11-/m1/s1. The summed E-state index contributed by atoms with van der Waals surface area (Å²) in [6.45, 7) is 7.29. The van der Waals surface area contributed by atoms with Gasteiger partial charge in [0.2, 0.25) is 0 Å². The number of fused-ring (bicyclic) bond motifs is 1. The molecule has 6 nitrogen and oxygen atoms in total. The number of nitrogens with zero attached hydrogens (tertiary/aromatic N) is 1. The Balaban J connectivity index is 2.12. The molecule has 0 aromatic carbocycles. The van der Waals surface area contributed by atoms with E-state index in [4.69, 9.17) is 25.8 Å². The molecule has 2 aliphatic rings. The van der Waals surface area contributed by atoms with Crippen LogP contribution in [0.25, 0.3) is 0 Å². The van der Waals surface area contributed by atoms with Gasteiger partial charge in [0.05, 0.1) is 18.1 Å². The molecule has 0 aromatic rings. The van der Waals surface area contributed by atoms with Gasteiger partial charge in [0.1, 0.15) is 17.7 Å². The van der Waals surface area contributed by atoms with E-state index in [-0.39, 0.29) is 24.1 Å². The largest absolute Gasteiger partial charge is 0.458 e. The molecule has 0 spiro atoms. The van der Waals surface area contributed by atoms with Crippen LogP contribution in [-0.2, 0) is 19.0 Å². The molecule has 7 heteroatoms. The van der Waals surface area contributed by atoms with Crippen LogP contribution in [0.3, 0.4) is 0 Å². The molecule has 4 atom stereocenters. The fourth-order valence-electron chi connectivity index (χ4n) is 2.56. The van der Waals surface area contributed by atoms with E-state index in [2.05, 4.69) is 0 Å². The third-order valence-corrected chi connectivity index (χ3v) is 3.59. The van der Waals surface area contributed by atoms with Crippen molar-refractivity contribution >= 4 is 23.7 Å². The number of esters is 1. The van der Waals surface area contributed by atoms with Gasteiger partial charge in [-0.1, -0.05) is 0 Å². The molecular formula is C13H20ClNO5. The van der Waals surface area contributed by atoms with Gasteiger partial charge in [-0.2, -0.15) is 0 Å². The summed E-state index contributed by atoms with van der Waals surface area (Å²) in [5.74, 6) is -0.401. The van der Waals surface area contributed by atoms with Crippen LogP contribution < -0.4 is 0 Å². The number of alkyl halides is 1. The number of rotatable bonds is 1. The number of carbonyl (C=O) groups excluding carboxylic acids is 2. The third kappa shape index (κ3) is 3.17. The van der Waals surface area contributed by atoms with Crippen LogP contribution in [0.1, 0.15) is 27.7 Å². The first-order valence-electron chi connectivity index (χ1n) is 6.61. The van der Waals surface area contributed by atoms with E-state index in [0.717, 1.165) is 0 Å². The molecule has 0 radical (unpaired) electrons. The highest BCUT2D eigenvalue weighted by Gasteiger charge is 2.54. The van der Waals surface area contributed by atoms with Crippen LogP contribution >= 0.6 is 11.6 Å². The lowest BCUT2D eigenvalue weighted by molar-refractivity contribution is -0.148. The smallest absolute Gasteiger partial charge is 0.410 e. The number of amides is 1. The minimum Gasteiger partial charge on any atom is -0.458 e. The molecule has 0 saturated carbocycles. The van der Waals surface area contributed by atoms with E-state index >= 15 is 0 Å². The quantitative estimate of drug-likeness (QED) is 0.543. The summed E-state index contributed by atoms with van der Waals surface area (Å²) in [6, 6.07) is -0.378. The molecule has 2 aliphatic heterocycles. The van der Waals surface area contributed by atoms with Crippen LogP contribution in [0, 0.1) is 0 Å². The Bertz CT molecular complexity index is 408. The lowest BCUT2D eigenvalue weighted by Gasteiger charge is -2.29. The first kappa shape index (κ1) is 15.4. The van der Waals surface area contributed by atoms with Crippen molar-refractivity contribution < 1.29 is 23.8 Å². The van der Waals surface area contributed by atoms with Crippen molar-refractivity contribution in [1.29, 1.82) is 0 Å². The van der Waals surface area contributed by atoms with Gasteiger partial charge in [0.15, 0.2) is 0 Å². The maximum atomic E-state index is 12.2. The minimum absolute atomic E-state index is 0.247. The highest BCUT2D eigenvalue weighted by atomic mass is 35.5. The van der Waals surface area contributed by atoms with Gasteiger partial charge in [-0.3, -0.25) is 9.69 Å². The molecule has 2 heterocycles. The van der Waals surface area contributed by atoms with Gasteiger partial charge < -0.3 is 14.2 Å². The van der Waals surface area contributed by atoms with Crippen molar-refractivity contribution in [3.63, 3.8) is 0 Å². The second kappa shape index (κ2) is 5.41. The Labute approximate surface area is 123 Å². The second-order valence-corrected chi connectivity index (χ2v) is 6.65. The Kier molecular flexibility index (Phi) is 4.16. The van der Waals surface area contributed by atoms with Crippen LogP contribution in [0.2, 0.25) is 0 Å². The number of halogens is 1. The predicted octanol–water partition coefficient (Wildman–Crippen LogP) is 1.54. The summed E-state index contributed by atoms with van der Waals surface area (Å²) < 4.78 is 16.1. The van der Waals surface area contributed by atoms with Crippen LogP contribution in [0.15, 0.2) is 0 Å². The van der Waals surface area contributed by atoms with Gasteiger partial charge in [-0.05, 0) is 20.8 Å². The Hall–Kier alpha value is -1.01. The Morgan fingerprint density at radius 3 is 2.55 bits per heavy atom. The number of hydrogen-bond donors (Lipinski definition) is 0. The molecule has 0 aromatic heterocycles. The van der Waals surface area contributed by atoms with Crippen LogP contribution in [0.4, 0.5) is 4.79 Å². The monoisotopic (exact) mass is 305 g/mol. The lowest BCUT2D eigenvalue weighted by atomic mass is 10.1. The molecule has 0 N–H and O–H groups in total. The zero-order chi connectivity index (χ0) is 15.1. The summed E-state index contributed by atoms with van der Waals surface area (Å²) >= 11 is 6.21. The molecule has 0 aliphatic carbocycles. The first-order valence-corrected chi connectivity index (χ1v) is 7.05. The molecular weight excluding hydrogens is 286 g/mol. The Morgan fingerprint density at radius 1 is 1.35 bits per heavy atom. The molecule has 0 unspecified atom stereocenters. The lowest BCUT2D eigenvalue weighted by Crippen LogP contribution is -2.47. The van der Waals surface area contributed by atoms with E-state index in [0.29, 0.717) is 6.54 Å². The van der Waals surface area contributed by atoms with E-state index in [1.54, 1.807) is 20.8 Å². The average Bonchev–Trinajstić information content (AvgIpc) is 2.79. The Morgan fingerprint density at radius 2 is 2.00 bits per heavy atom. The maximum absolute atomic E-state index is 12.2. The van der Waals surface area contributed by atoms with Gasteiger partial charge in [0.25, 0.3) is 0 Å². The summed E-state index contributed by atoms with van der Waals surface area (Å²) in [6.07, 6.45) is -1.28. The van der Waals surface area contributed by atoms with Crippen LogP contribution in [0.5, 0.6) is 0 Å². The van der Waals surface area contributed by atoms with Gasteiger partial charge in [0, 0.05) is 13.5 Å². The number of carbonyl (C=O) groups is 2. The van der Waals surface area contributed by atoms with Gasteiger partial charge in [-0.25, -0.2) is 4.79 Å². The average molecular weight is 306 g/mol. The summed E-state index contributed by atoms with van der Waals surface area (Å²) in [7, 11) is 0. The van der Waals surface area contributed by atoms with Crippen molar-refractivity contribution in [1.82, 2.24) is 4.90 Å². The number of hydrogen-bond acceptors (Lipinski definition) is 5. The van der Waals surface area contributed by atoms with Gasteiger partial charge in [-0.15, -0.1) is 11.6 Å². The molecule has 2 fully saturated rings. The van der Waals surface area contributed by atoms with Gasteiger partial charge >= 0.3 is 12.1 Å². The molecule has 114 valence electrons. The number of ether oxygens (including phenoxy) is 3. The normalized spacial score (nSPS) is 33.0. The first-order chi connectivity index (χ1) is 9.19. The maximum Gasteiger partial charge on any atom is 0.410 e. The zero-order valence-corrected chi connectivity index (χ0v) is 12.8. The van der Waals surface area contributed by atoms with E-state index in [9.17, 15) is 9.59 Å². The topological polar surface area (TPSA) is 65.1 Å². The predicted molar refractivity (Wildman–Crippen MR) is 71.7 cm³/mol. The summed E-state index contributed by atoms with van der Waals surface area (Å²) in [5, 5.41) is -0.326. The third-order valence-electron chi connectivity index (χ3n) is 3.20. The number of likely N-dealkylation sites (tertiary alicyclic amines) is 1. The van der Waals surface area contributed by atoms with E-state index < -0.39 is 23.8 Å². The van der Waals surface area contributed by atoms with Crippen molar-refractivity contribution in [3.05, 3.63) is 0 Å². The second-order valence-electron chi connectivity index (χ2n) is 6.09. The van der Waals surface area contributed by atoms with Crippen molar-refractivity contribution in [3.8, 4) is 0 Å². The van der Waals surface area contributed by atoms with Crippen LogP contribution in [-0.4, -0.2) is 59.3 Å². The molecule has 1 amide bonds. The molecule has 0 bridgehead atoms. The summed E-state index contributed by atoms with van der Waals surface area (Å²) in [5.41, 5.74) is -0.590. The summed E-state index contributed by atoms with van der Waals surface area (Å²) in [4.78, 5) is 24.9. The molecule has 20 heavy (non-hydrogen) atoms. The van der Waals surface area contributed by atoms with E-state index in [1.807, 2.05) is 0 Å². The fourth-order valence-corrected chi connectivity index (χ4v) is 2.93. The zero-order valence-electron chi connectivity index (χ0n) is 12.1. The van der Waals surface area contributed by atoms with E-state index in [1.165, 1.54) is 11.8 Å². The highest BCUT2D eigenvalue weighted by molar-refractivity contribution is 6.21. The fraction of sp³-hybridized carbons (Fsp3) is 0.846. The SMILES string of the molecule is CC(=O)O[C@H]1CO[C@H]2[C@@H]1N(C(=O)OC(C)(C)C)C[C@H]2Cl. The highest BCUT2D eigenvalue weighted by Crippen LogP contribution is 2.35.